The molecule has 0 saturated carbocycles. The van der Waals surface area contributed by atoms with E-state index in [4.69, 9.17) is 9.47 Å². The number of esters is 2. The van der Waals surface area contributed by atoms with Crippen LogP contribution in [0.4, 0.5) is 13.2 Å². The summed E-state index contributed by atoms with van der Waals surface area (Å²) in [5, 5.41) is 0. The van der Waals surface area contributed by atoms with Crippen molar-refractivity contribution in [1.29, 1.82) is 0 Å². The minimum absolute atomic E-state index is 0.00425. The Morgan fingerprint density at radius 3 is 1.60 bits per heavy atom. The third-order valence-electron chi connectivity index (χ3n) is 2.84. The molecule has 0 radical (unpaired) electrons. The summed E-state index contributed by atoms with van der Waals surface area (Å²) in [6.07, 6.45) is -5.99. The maximum Gasteiger partial charge on any atom is 0.389 e. The van der Waals surface area contributed by atoms with E-state index in [0.29, 0.717) is 6.42 Å². The van der Waals surface area contributed by atoms with Crippen LogP contribution in [0.5, 0.6) is 0 Å². The van der Waals surface area contributed by atoms with E-state index in [0.717, 1.165) is 0 Å². The summed E-state index contributed by atoms with van der Waals surface area (Å²) < 4.78 is 46.8. The zero-order valence-electron chi connectivity index (χ0n) is 12.0. The predicted octanol–water partition coefficient (Wildman–Crippen LogP) is 3.24. The maximum atomic E-state index is 12.4. The number of hydrogen-bond donors (Lipinski definition) is 0. The topological polar surface area (TPSA) is 52.6 Å². The number of ether oxygens (including phenoxy) is 2. The molecule has 0 spiro atoms. The SMILES string of the molecule is CCCC(CCC(F)(F)F)(C(=O)OCC)C(=O)OCC. The van der Waals surface area contributed by atoms with E-state index in [1.807, 2.05) is 0 Å². The molecule has 0 fully saturated rings. The van der Waals surface area contributed by atoms with Crippen molar-refractivity contribution in [3.63, 3.8) is 0 Å². The molecule has 118 valence electrons. The molecule has 0 unspecified atom stereocenters. The summed E-state index contributed by atoms with van der Waals surface area (Å²) >= 11 is 0. The quantitative estimate of drug-likeness (QED) is 0.510. The highest BCUT2D eigenvalue weighted by atomic mass is 19.4. The Hall–Kier alpha value is -1.27. The van der Waals surface area contributed by atoms with E-state index in [9.17, 15) is 22.8 Å². The van der Waals surface area contributed by atoms with Gasteiger partial charge in [-0.2, -0.15) is 13.2 Å². The molecular weight excluding hydrogens is 277 g/mol. The summed E-state index contributed by atoms with van der Waals surface area (Å²) in [7, 11) is 0. The minimum Gasteiger partial charge on any atom is -0.465 e. The Morgan fingerprint density at radius 2 is 1.30 bits per heavy atom. The van der Waals surface area contributed by atoms with Crippen molar-refractivity contribution in [3.8, 4) is 0 Å². The lowest BCUT2D eigenvalue weighted by atomic mass is 9.79. The molecule has 20 heavy (non-hydrogen) atoms. The lowest BCUT2D eigenvalue weighted by Crippen LogP contribution is -2.43. The second-order valence-electron chi connectivity index (χ2n) is 4.39. The number of alkyl halides is 3. The van der Waals surface area contributed by atoms with Crippen molar-refractivity contribution in [1.82, 2.24) is 0 Å². The van der Waals surface area contributed by atoms with Crippen LogP contribution in [-0.4, -0.2) is 31.3 Å². The van der Waals surface area contributed by atoms with Crippen LogP contribution in [0.3, 0.4) is 0 Å². The fourth-order valence-corrected chi connectivity index (χ4v) is 1.94. The first-order valence-electron chi connectivity index (χ1n) is 6.64. The Bertz CT molecular complexity index is 308. The standard InChI is InChI=1S/C13H21F3O4/c1-4-7-12(10(17)19-5-2,11(18)20-6-3)8-9-13(14,15)16/h4-9H2,1-3H3. The van der Waals surface area contributed by atoms with Gasteiger partial charge in [-0.15, -0.1) is 0 Å². The van der Waals surface area contributed by atoms with Crippen molar-refractivity contribution in [3.05, 3.63) is 0 Å². The van der Waals surface area contributed by atoms with Crippen molar-refractivity contribution >= 4 is 11.9 Å². The van der Waals surface area contributed by atoms with Crippen molar-refractivity contribution < 1.29 is 32.2 Å². The van der Waals surface area contributed by atoms with E-state index in [2.05, 4.69) is 0 Å². The molecule has 0 aromatic heterocycles. The molecule has 0 aliphatic heterocycles. The Balaban J connectivity index is 5.31. The van der Waals surface area contributed by atoms with Gasteiger partial charge in [-0.25, -0.2) is 0 Å². The van der Waals surface area contributed by atoms with Gasteiger partial charge in [0.05, 0.1) is 13.2 Å². The minimum atomic E-state index is -4.45. The molecular formula is C13H21F3O4. The average Bonchev–Trinajstić information content (AvgIpc) is 2.33. The van der Waals surface area contributed by atoms with E-state index >= 15 is 0 Å². The van der Waals surface area contributed by atoms with E-state index in [1.165, 1.54) is 13.8 Å². The highest BCUT2D eigenvalue weighted by Gasteiger charge is 2.49. The summed E-state index contributed by atoms with van der Waals surface area (Å²) in [4.78, 5) is 24.0. The largest absolute Gasteiger partial charge is 0.465 e. The average molecular weight is 298 g/mol. The van der Waals surface area contributed by atoms with Crippen LogP contribution >= 0.6 is 0 Å². The van der Waals surface area contributed by atoms with E-state index < -0.39 is 36.4 Å². The molecule has 0 bridgehead atoms. The van der Waals surface area contributed by atoms with Crippen LogP contribution < -0.4 is 0 Å². The van der Waals surface area contributed by atoms with E-state index in [-0.39, 0.29) is 19.6 Å². The third-order valence-corrected chi connectivity index (χ3v) is 2.84. The van der Waals surface area contributed by atoms with Gasteiger partial charge >= 0.3 is 18.1 Å². The predicted molar refractivity (Wildman–Crippen MR) is 65.9 cm³/mol. The monoisotopic (exact) mass is 298 g/mol. The highest BCUT2D eigenvalue weighted by molar-refractivity contribution is 6.00. The maximum absolute atomic E-state index is 12.4. The van der Waals surface area contributed by atoms with Gasteiger partial charge in [0.2, 0.25) is 0 Å². The van der Waals surface area contributed by atoms with Crippen LogP contribution in [0.15, 0.2) is 0 Å². The van der Waals surface area contributed by atoms with Crippen LogP contribution in [0, 0.1) is 5.41 Å². The molecule has 0 saturated heterocycles. The van der Waals surface area contributed by atoms with Gasteiger partial charge in [0.25, 0.3) is 0 Å². The Kier molecular flexibility index (Phi) is 7.60. The first-order chi connectivity index (χ1) is 9.23. The number of carbonyl (C=O) groups is 2. The summed E-state index contributed by atoms with van der Waals surface area (Å²) in [5.41, 5.74) is -1.86. The Labute approximate surface area is 116 Å². The number of rotatable bonds is 8. The van der Waals surface area contributed by atoms with Crippen molar-refractivity contribution in [2.24, 2.45) is 5.41 Å². The fourth-order valence-electron chi connectivity index (χ4n) is 1.94. The van der Waals surface area contributed by atoms with Gasteiger partial charge in [0.15, 0.2) is 5.41 Å². The number of halogens is 3. The summed E-state index contributed by atoms with van der Waals surface area (Å²) in [6, 6.07) is 0. The number of hydrogen-bond acceptors (Lipinski definition) is 4. The van der Waals surface area contributed by atoms with Gasteiger partial charge < -0.3 is 9.47 Å². The second-order valence-corrected chi connectivity index (χ2v) is 4.39. The molecule has 0 amide bonds. The van der Waals surface area contributed by atoms with Crippen molar-refractivity contribution in [2.75, 3.05) is 13.2 Å². The molecule has 4 nitrogen and oxygen atoms in total. The fraction of sp³-hybridized carbons (Fsp3) is 0.846. The van der Waals surface area contributed by atoms with Crippen LogP contribution in [0.2, 0.25) is 0 Å². The van der Waals surface area contributed by atoms with E-state index in [1.54, 1.807) is 6.92 Å². The van der Waals surface area contributed by atoms with Crippen molar-refractivity contribution in [2.45, 2.75) is 52.6 Å². The van der Waals surface area contributed by atoms with Gasteiger partial charge in [-0.05, 0) is 26.7 Å². The zero-order chi connectivity index (χ0) is 15.8. The van der Waals surface area contributed by atoms with Gasteiger partial charge in [-0.1, -0.05) is 13.3 Å². The van der Waals surface area contributed by atoms with Crippen LogP contribution in [0.25, 0.3) is 0 Å². The first-order valence-corrected chi connectivity index (χ1v) is 6.64. The molecule has 0 aromatic rings. The lowest BCUT2D eigenvalue weighted by Gasteiger charge is -2.29. The molecule has 0 heterocycles. The molecule has 7 heteroatoms. The first kappa shape index (κ1) is 18.7. The molecule has 0 aliphatic rings. The molecule has 0 atom stereocenters. The van der Waals surface area contributed by atoms with Gasteiger partial charge in [0, 0.05) is 6.42 Å². The zero-order valence-corrected chi connectivity index (χ0v) is 12.0. The molecule has 0 rings (SSSR count). The molecule has 0 aliphatic carbocycles. The summed E-state index contributed by atoms with van der Waals surface area (Å²) in [5.74, 6) is -1.88. The highest BCUT2D eigenvalue weighted by Crippen LogP contribution is 2.37. The molecule has 0 N–H and O–H groups in total. The summed E-state index contributed by atoms with van der Waals surface area (Å²) in [6.45, 7) is 4.74. The second kappa shape index (κ2) is 8.11. The van der Waals surface area contributed by atoms with Crippen LogP contribution in [0.1, 0.15) is 46.5 Å². The number of carbonyl (C=O) groups excluding carboxylic acids is 2. The third kappa shape index (κ3) is 5.38. The molecule has 0 aromatic carbocycles. The van der Waals surface area contributed by atoms with Crippen LogP contribution in [-0.2, 0) is 19.1 Å². The van der Waals surface area contributed by atoms with Gasteiger partial charge in [-0.3, -0.25) is 9.59 Å². The normalized spacial score (nSPS) is 12.1. The smallest absolute Gasteiger partial charge is 0.389 e. The lowest BCUT2D eigenvalue weighted by molar-refractivity contribution is -0.178. The van der Waals surface area contributed by atoms with Gasteiger partial charge in [0.1, 0.15) is 0 Å². The Morgan fingerprint density at radius 1 is 0.850 bits per heavy atom.